The molecule has 0 unspecified atom stereocenters. The molecular formula is C26H26N6O3. The topological polar surface area (TPSA) is 111 Å². The van der Waals surface area contributed by atoms with Gasteiger partial charge in [-0.05, 0) is 68.1 Å². The molecule has 2 heterocycles. The minimum atomic E-state index is -0.391. The second-order valence-electron chi connectivity index (χ2n) is 9.02. The molecule has 9 nitrogen and oxygen atoms in total. The van der Waals surface area contributed by atoms with Crippen LogP contribution in [0.1, 0.15) is 42.5 Å². The van der Waals surface area contributed by atoms with E-state index < -0.39 is 5.91 Å². The van der Waals surface area contributed by atoms with Gasteiger partial charge in [0.25, 0.3) is 5.56 Å². The van der Waals surface area contributed by atoms with Gasteiger partial charge < -0.3 is 10.6 Å². The highest BCUT2D eigenvalue weighted by atomic mass is 16.2. The second-order valence-corrected chi connectivity index (χ2v) is 9.02. The van der Waals surface area contributed by atoms with E-state index in [0.717, 1.165) is 40.7 Å². The highest BCUT2D eigenvalue weighted by Crippen LogP contribution is 2.41. The lowest BCUT2D eigenvalue weighted by molar-refractivity contribution is -0.117. The predicted molar refractivity (Wildman–Crippen MR) is 134 cm³/mol. The Morgan fingerprint density at radius 2 is 1.77 bits per heavy atom. The Bertz CT molecular complexity index is 1530. The zero-order valence-corrected chi connectivity index (χ0v) is 19.8. The first-order valence-electron chi connectivity index (χ1n) is 11.5. The van der Waals surface area contributed by atoms with Crippen LogP contribution in [0, 0.1) is 13.8 Å². The molecule has 5 rings (SSSR count). The lowest BCUT2D eigenvalue weighted by Crippen LogP contribution is -2.31. The van der Waals surface area contributed by atoms with Gasteiger partial charge in [0.1, 0.15) is 12.1 Å². The van der Waals surface area contributed by atoms with Crippen LogP contribution in [0.2, 0.25) is 0 Å². The molecule has 1 aliphatic carbocycles. The molecule has 0 atom stereocenters. The Kier molecular flexibility index (Phi) is 5.68. The average Bonchev–Trinajstić information content (AvgIpc) is 3.55. The lowest BCUT2D eigenvalue weighted by atomic mass is 10.1. The fraction of sp³-hybridized carbons (Fsp3) is 0.269. The molecule has 2 N–H and O–H groups in total. The van der Waals surface area contributed by atoms with Gasteiger partial charge in [0.2, 0.25) is 11.8 Å². The molecule has 2 aromatic carbocycles. The molecule has 1 fully saturated rings. The van der Waals surface area contributed by atoms with E-state index in [1.54, 1.807) is 35.1 Å². The standard InChI is InChI=1S/C26H26N6O3/c1-15-7-10-21(11-16(15)2)32-25-22(13-27-32)24(18-8-9-18)30-31(26(25)35)14-23(34)29-20-6-4-5-19(12-20)28-17(3)33/h4-7,10-13,18H,8-9,14H2,1-3H3,(H,28,33)(H,29,34). The number of fused-ring (bicyclic) bond motifs is 1. The molecule has 0 saturated heterocycles. The summed E-state index contributed by atoms with van der Waals surface area (Å²) in [4.78, 5) is 37.7. The van der Waals surface area contributed by atoms with Gasteiger partial charge in [0, 0.05) is 29.6 Å². The van der Waals surface area contributed by atoms with Gasteiger partial charge in [-0.3, -0.25) is 14.4 Å². The maximum Gasteiger partial charge on any atom is 0.293 e. The zero-order valence-electron chi connectivity index (χ0n) is 19.8. The molecule has 0 bridgehead atoms. The number of anilines is 2. The number of benzene rings is 2. The van der Waals surface area contributed by atoms with Crippen molar-refractivity contribution in [3.8, 4) is 5.69 Å². The predicted octanol–water partition coefficient (Wildman–Crippen LogP) is 3.67. The summed E-state index contributed by atoms with van der Waals surface area (Å²) in [6, 6.07) is 12.8. The van der Waals surface area contributed by atoms with Crippen LogP contribution in [0.5, 0.6) is 0 Å². The largest absolute Gasteiger partial charge is 0.326 e. The van der Waals surface area contributed by atoms with Crippen molar-refractivity contribution in [1.29, 1.82) is 0 Å². The number of hydrogen-bond acceptors (Lipinski definition) is 5. The van der Waals surface area contributed by atoms with Gasteiger partial charge >= 0.3 is 0 Å². The molecule has 1 aliphatic rings. The summed E-state index contributed by atoms with van der Waals surface area (Å²) in [6.07, 6.45) is 3.69. The number of nitrogens with one attached hydrogen (secondary N) is 2. The van der Waals surface area contributed by atoms with Crippen LogP contribution in [0.15, 0.2) is 53.5 Å². The molecule has 4 aromatic rings. The Morgan fingerprint density at radius 3 is 2.46 bits per heavy atom. The summed E-state index contributed by atoms with van der Waals surface area (Å²) in [6.45, 7) is 5.23. The molecule has 0 aliphatic heterocycles. The maximum absolute atomic E-state index is 13.5. The van der Waals surface area contributed by atoms with Crippen LogP contribution in [-0.4, -0.2) is 31.4 Å². The maximum atomic E-state index is 13.5. The fourth-order valence-corrected chi connectivity index (χ4v) is 4.13. The van der Waals surface area contributed by atoms with E-state index in [1.807, 2.05) is 32.0 Å². The molecule has 2 amide bonds. The summed E-state index contributed by atoms with van der Waals surface area (Å²) in [7, 11) is 0. The van der Waals surface area contributed by atoms with Gasteiger partial charge in [-0.25, -0.2) is 9.36 Å². The summed E-state index contributed by atoms with van der Waals surface area (Å²) in [5, 5.41) is 15.3. The van der Waals surface area contributed by atoms with Gasteiger partial charge in [-0.1, -0.05) is 12.1 Å². The summed E-state index contributed by atoms with van der Waals surface area (Å²) in [5.74, 6) is -0.331. The number of amides is 2. The van der Waals surface area contributed by atoms with Crippen molar-refractivity contribution in [2.75, 3.05) is 10.6 Å². The monoisotopic (exact) mass is 470 g/mol. The third-order valence-electron chi connectivity index (χ3n) is 6.17. The number of carbonyl (C=O) groups excluding carboxylic acids is 2. The number of aromatic nitrogens is 4. The highest BCUT2D eigenvalue weighted by molar-refractivity contribution is 5.93. The molecule has 35 heavy (non-hydrogen) atoms. The average molecular weight is 471 g/mol. The van der Waals surface area contributed by atoms with Gasteiger partial charge in [-0.2, -0.15) is 10.2 Å². The van der Waals surface area contributed by atoms with Crippen molar-refractivity contribution < 1.29 is 9.59 Å². The van der Waals surface area contributed by atoms with Crippen molar-refractivity contribution in [2.45, 2.75) is 46.1 Å². The van der Waals surface area contributed by atoms with Crippen molar-refractivity contribution in [2.24, 2.45) is 0 Å². The third kappa shape index (κ3) is 4.57. The van der Waals surface area contributed by atoms with Crippen molar-refractivity contribution in [3.63, 3.8) is 0 Å². The van der Waals surface area contributed by atoms with Gasteiger partial charge in [0.15, 0.2) is 0 Å². The van der Waals surface area contributed by atoms with Crippen LogP contribution < -0.4 is 16.2 Å². The summed E-state index contributed by atoms with van der Waals surface area (Å²) >= 11 is 0. The normalized spacial score (nSPS) is 13.1. The Labute approximate surface area is 201 Å². The summed E-state index contributed by atoms with van der Waals surface area (Å²) in [5.41, 5.74) is 4.98. The number of aryl methyl sites for hydroxylation is 2. The number of carbonyl (C=O) groups is 2. The van der Waals surface area contributed by atoms with Crippen LogP contribution in [0.3, 0.4) is 0 Å². The first-order chi connectivity index (χ1) is 16.8. The number of nitrogens with zero attached hydrogens (tertiary/aromatic N) is 4. The molecule has 178 valence electrons. The second kappa shape index (κ2) is 8.83. The minimum Gasteiger partial charge on any atom is -0.326 e. The number of hydrogen-bond donors (Lipinski definition) is 2. The zero-order chi connectivity index (χ0) is 24.7. The van der Waals surface area contributed by atoms with E-state index in [9.17, 15) is 14.4 Å². The lowest BCUT2D eigenvalue weighted by Gasteiger charge is -2.12. The Hall–Kier alpha value is -4.27. The molecule has 0 radical (unpaired) electrons. The molecular weight excluding hydrogens is 444 g/mol. The van der Waals surface area contributed by atoms with Crippen molar-refractivity contribution in [1.82, 2.24) is 19.6 Å². The quantitative estimate of drug-likeness (QED) is 0.447. The van der Waals surface area contributed by atoms with Crippen LogP contribution in [0.25, 0.3) is 16.6 Å². The van der Waals surface area contributed by atoms with Crippen LogP contribution in [-0.2, 0) is 16.1 Å². The van der Waals surface area contributed by atoms with Gasteiger partial charge in [0.05, 0.1) is 17.6 Å². The first kappa shape index (κ1) is 22.5. The van der Waals surface area contributed by atoms with E-state index in [2.05, 4.69) is 20.8 Å². The molecule has 9 heteroatoms. The van der Waals surface area contributed by atoms with Crippen LogP contribution >= 0.6 is 0 Å². The Morgan fingerprint density at radius 1 is 1.03 bits per heavy atom. The molecule has 2 aromatic heterocycles. The number of rotatable bonds is 6. The first-order valence-corrected chi connectivity index (χ1v) is 11.5. The SMILES string of the molecule is CC(=O)Nc1cccc(NC(=O)Cn2nc(C3CC3)c3cnn(-c4ccc(C)c(C)c4)c3c2=O)c1. The smallest absolute Gasteiger partial charge is 0.293 e. The van der Waals surface area contributed by atoms with E-state index in [0.29, 0.717) is 16.9 Å². The van der Waals surface area contributed by atoms with Crippen molar-refractivity contribution >= 4 is 34.1 Å². The van der Waals surface area contributed by atoms with E-state index in [4.69, 9.17) is 0 Å². The van der Waals surface area contributed by atoms with Gasteiger partial charge in [-0.15, -0.1) is 0 Å². The minimum absolute atomic E-state index is 0.203. The third-order valence-corrected chi connectivity index (χ3v) is 6.17. The van der Waals surface area contributed by atoms with Crippen molar-refractivity contribution in [3.05, 3.63) is 75.8 Å². The molecule has 0 spiro atoms. The van der Waals surface area contributed by atoms with Crippen LogP contribution in [0.4, 0.5) is 11.4 Å². The fourth-order valence-electron chi connectivity index (χ4n) is 4.13. The summed E-state index contributed by atoms with van der Waals surface area (Å²) < 4.78 is 2.87. The molecule has 1 saturated carbocycles. The van der Waals surface area contributed by atoms with E-state index in [1.165, 1.54) is 11.6 Å². The van der Waals surface area contributed by atoms with E-state index in [-0.39, 0.29) is 23.9 Å². The highest BCUT2D eigenvalue weighted by Gasteiger charge is 2.30. The van der Waals surface area contributed by atoms with E-state index >= 15 is 0 Å². The Balaban J connectivity index is 1.50.